The Morgan fingerprint density at radius 3 is 2.63 bits per heavy atom. The average Bonchev–Trinajstić information content (AvgIpc) is 3.31. The minimum absolute atomic E-state index is 0.115. The van der Waals surface area contributed by atoms with E-state index in [-0.39, 0.29) is 22.7 Å². The van der Waals surface area contributed by atoms with E-state index in [0.717, 1.165) is 5.69 Å². The molecule has 5 aromatic rings. The van der Waals surface area contributed by atoms with Gasteiger partial charge in [0.15, 0.2) is 17.4 Å². The Hall–Kier alpha value is -5.03. The summed E-state index contributed by atoms with van der Waals surface area (Å²) in [6.45, 7) is 0. The van der Waals surface area contributed by atoms with Gasteiger partial charge in [0.2, 0.25) is 0 Å². The highest BCUT2D eigenvalue weighted by Gasteiger charge is 2.16. The predicted octanol–water partition coefficient (Wildman–Crippen LogP) is 4.99. The van der Waals surface area contributed by atoms with Crippen molar-refractivity contribution in [3.8, 4) is 28.8 Å². The fraction of sp³-hybridized carbons (Fsp3) is 0.0370. The monoisotopic (exact) mass is 463 g/mol. The van der Waals surface area contributed by atoms with Crippen LogP contribution < -0.4 is 10.3 Å². The molecule has 3 aromatic carbocycles. The summed E-state index contributed by atoms with van der Waals surface area (Å²) in [7, 11) is 1.40. The van der Waals surface area contributed by atoms with E-state index in [4.69, 9.17) is 4.74 Å². The summed E-state index contributed by atoms with van der Waals surface area (Å²) in [5.41, 5.74) is 2.56. The molecule has 2 aromatic heterocycles. The van der Waals surface area contributed by atoms with Gasteiger partial charge >= 0.3 is 0 Å². The minimum atomic E-state index is -0.532. The number of halogens is 1. The van der Waals surface area contributed by atoms with Crippen LogP contribution in [0.1, 0.15) is 11.4 Å². The molecule has 0 aliphatic rings. The first-order valence-electron chi connectivity index (χ1n) is 10.7. The Morgan fingerprint density at radius 2 is 1.89 bits per heavy atom. The highest BCUT2D eigenvalue weighted by molar-refractivity contribution is 5.91. The number of para-hydroxylation sites is 2. The van der Waals surface area contributed by atoms with Crippen LogP contribution in [0.2, 0.25) is 0 Å². The average molecular weight is 463 g/mol. The zero-order chi connectivity index (χ0) is 24.4. The van der Waals surface area contributed by atoms with Gasteiger partial charge in [-0.2, -0.15) is 10.4 Å². The summed E-state index contributed by atoms with van der Waals surface area (Å²) < 4.78 is 21.2. The number of hydrogen-bond acceptors (Lipinski definition) is 5. The molecular formula is C27H18FN5O2. The highest BCUT2D eigenvalue weighted by atomic mass is 19.1. The van der Waals surface area contributed by atoms with Crippen molar-refractivity contribution in [2.24, 2.45) is 0 Å². The van der Waals surface area contributed by atoms with E-state index in [1.807, 2.05) is 30.3 Å². The molecule has 0 bridgehead atoms. The first-order chi connectivity index (χ1) is 17.1. The summed E-state index contributed by atoms with van der Waals surface area (Å²) in [6, 6.07) is 23.0. The van der Waals surface area contributed by atoms with Crippen molar-refractivity contribution in [3.63, 3.8) is 0 Å². The van der Waals surface area contributed by atoms with Gasteiger partial charge in [0, 0.05) is 17.3 Å². The molecule has 5 rings (SSSR count). The molecule has 0 aliphatic carbocycles. The number of nitrogens with one attached hydrogen (secondary N) is 1. The molecule has 0 saturated heterocycles. The Kier molecular flexibility index (Phi) is 5.65. The lowest BCUT2D eigenvalue weighted by atomic mass is 10.1. The lowest BCUT2D eigenvalue weighted by Gasteiger charge is -2.05. The molecule has 0 aliphatic heterocycles. The third-order valence-electron chi connectivity index (χ3n) is 5.48. The molecule has 0 saturated carbocycles. The van der Waals surface area contributed by atoms with Crippen molar-refractivity contribution in [1.82, 2.24) is 19.7 Å². The smallest absolute Gasteiger partial charge is 0.259 e. The van der Waals surface area contributed by atoms with Crippen LogP contribution in [0.5, 0.6) is 5.75 Å². The molecule has 2 heterocycles. The van der Waals surface area contributed by atoms with Gasteiger partial charge in [-0.25, -0.2) is 14.1 Å². The van der Waals surface area contributed by atoms with E-state index in [1.165, 1.54) is 19.2 Å². The van der Waals surface area contributed by atoms with Crippen LogP contribution in [-0.4, -0.2) is 26.9 Å². The third-order valence-corrected chi connectivity index (χ3v) is 5.48. The van der Waals surface area contributed by atoms with E-state index >= 15 is 0 Å². The molecule has 0 atom stereocenters. The van der Waals surface area contributed by atoms with Crippen LogP contribution in [-0.2, 0) is 0 Å². The number of methoxy groups -OCH3 is 1. The number of fused-ring (bicyclic) bond motifs is 1. The fourth-order valence-electron chi connectivity index (χ4n) is 3.77. The lowest BCUT2D eigenvalue weighted by Crippen LogP contribution is -2.11. The number of benzene rings is 3. The normalized spacial score (nSPS) is 11.4. The number of ether oxygens (including phenoxy) is 1. The minimum Gasteiger partial charge on any atom is -0.494 e. The SMILES string of the molecule is COc1ccc(-c2nn(-c3ccccc3)cc2/C=C(\C#N)c2nc3ccccc3c(=O)[nH]2)cc1F. The number of aromatic nitrogens is 4. The van der Waals surface area contributed by atoms with E-state index < -0.39 is 5.82 Å². The molecule has 170 valence electrons. The fourth-order valence-corrected chi connectivity index (χ4v) is 3.77. The number of allylic oxidation sites excluding steroid dienone is 1. The van der Waals surface area contributed by atoms with Crippen LogP contribution in [0.4, 0.5) is 4.39 Å². The molecular weight excluding hydrogens is 445 g/mol. The molecule has 0 radical (unpaired) electrons. The van der Waals surface area contributed by atoms with Crippen molar-refractivity contribution in [2.45, 2.75) is 0 Å². The van der Waals surface area contributed by atoms with Crippen LogP contribution in [0.3, 0.4) is 0 Å². The molecule has 7 nitrogen and oxygen atoms in total. The van der Waals surface area contributed by atoms with E-state index in [1.54, 1.807) is 47.3 Å². The molecule has 0 spiro atoms. The first kappa shape index (κ1) is 21.8. The molecule has 0 amide bonds. The van der Waals surface area contributed by atoms with Crippen molar-refractivity contribution in [3.05, 3.63) is 107 Å². The van der Waals surface area contributed by atoms with Gasteiger partial charge in [0.25, 0.3) is 5.56 Å². The first-order valence-corrected chi connectivity index (χ1v) is 10.7. The predicted molar refractivity (Wildman–Crippen MR) is 131 cm³/mol. The Morgan fingerprint density at radius 1 is 1.11 bits per heavy atom. The summed E-state index contributed by atoms with van der Waals surface area (Å²) in [6.07, 6.45) is 3.32. The van der Waals surface area contributed by atoms with Crippen LogP contribution >= 0.6 is 0 Å². The zero-order valence-corrected chi connectivity index (χ0v) is 18.6. The summed E-state index contributed by atoms with van der Waals surface area (Å²) >= 11 is 0. The molecule has 0 fully saturated rings. The van der Waals surface area contributed by atoms with E-state index in [2.05, 4.69) is 21.1 Å². The number of rotatable bonds is 5. The number of hydrogen-bond donors (Lipinski definition) is 1. The number of aromatic amines is 1. The Labute approximate surface area is 199 Å². The highest BCUT2D eigenvalue weighted by Crippen LogP contribution is 2.30. The lowest BCUT2D eigenvalue weighted by molar-refractivity contribution is 0.386. The summed E-state index contributed by atoms with van der Waals surface area (Å²) in [4.78, 5) is 19.7. The standard InChI is InChI=1S/C27H18FN5O2/c1-35-24-12-11-17(14-22(24)28)25-19(16-33(32-25)20-7-3-2-4-8-20)13-18(15-29)26-30-23-10-6-5-9-21(23)27(34)31-26/h2-14,16H,1H3,(H,30,31,34)/b18-13+. The Balaban J connectivity index is 1.69. The van der Waals surface area contributed by atoms with Gasteiger partial charge in [-0.15, -0.1) is 0 Å². The van der Waals surface area contributed by atoms with Crippen LogP contribution in [0.15, 0.2) is 83.8 Å². The van der Waals surface area contributed by atoms with Crippen molar-refractivity contribution < 1.29 is 9.13 Å². The number of H-pyrrole nitrogens is 1. The third kappa shape index (κ3) is 4.18. The number of nitrogens with zero attached hydrogens (tertiary/aromatic N) is 4. The summed E-state index contributed by atoms with van der Waals surface area (Å²) in [5.74, 6) is -0.283. The van der Waals surface area contributed by atoms with E-state index in [0.29, 0.717) is 27.7 Å². The molecule has 0 unspecified atom stereocenters. The van der Waals surface area contributed by atoms with Crippen molar-refractivity contribution in [2.75, 3.05) is 7.11 Å². The second-order valence-electron chi connectivity index (χ2n) is 7.66. The molecule has 8 heteroatoms. The van der Waals surface area contributed by atoms with Gasteiger partial charge in [-0.1, -0.05) is 30.3 Å². The summed E-state index contributed by atoms with van der Waals surface area (Å²) in [5, 5.41) is 15.0. The molecule has 35 heavy (non-hydrogen) atoms. The van der Waals surface area contributed by atoms with Gasteiger partial charge in [-0.05, 0) is 48.5 Å². The quantitative estimate of drug-likeness (QED) is 0.371. The largest absolute Gasteiger partial charge is 0.494 e. The Bertz CT molecular complexity index is 1680. The van der Waals surface area contributed by atoms with Gasteiger partial charge < -0.3 is 9.72 Å². The number of nitriles is 1. The maximum absolute atomic E-state index is 14.5. The maximum Gasteiger partial charge on any atom is 0.259 e. The zero-order valence-electron chi connectivity index (χ0n) is 18.6. The van der Waals surface area contributed by atoms with Gasteiger partial charge in [0.1, 0.15) is 11.8 Å². The van der Waals surface area contributed by atoms with Crippen molar-refractivity contribution >= 4 is 22.6 Å². The van der Waals surface area contributed by atoms with Crippen LogP contribution in [0, 0.1) is 17.1 Å². The maximum atomic E-state index is 14.5. The molecule has 1 N–H and O–H groups in total. The van der Waals surface area contributed by atoms with Gasteiger partial charge in [0.05, 0.1) is 29.3 Å². The van der Waals surface area contributed by atoms with Crippen LogP contribution in [0.25, 0.3) is 39.5 Å². The topological polar surface area (TPSA) is 96.6 Å². The van der Waals surface area contributed by atoms with E-state index in [9.17, 15) is 14.4 Å². The van der Waals surface area contributed by atoms with Gasteiger partial charge in [-0.3, -0.25) is 4.79 Å². The second kappa shape index (κ2) is 9.08. The van der Waals surface area contributed by atoms with Crippen molar-refractivity contribution in [1.29, 1.82) is 5.26 Å². The second-order valence-corrected chi connectivity index (χ2v) is 7.66.